The van der Waals surface area contributed by atoms with E-state index in [0.717, 1.165) is 0 Å². The van der Waals surface area contributed by atoms with Crippen LogP contribution in [0.15, 0.2) is 30.3 Å². The molecule has 2 heteroatoms. The first-order valence-electron chi connectivity index (χ1n) is 4.74. The van der Waals surface area contributed by atoms with E-state index >= 15 is 0 Å². The third-order valence-electron chi connectivity index (χ3n) is 2.43. The van der Waals surface area contributed by atoms with Crippen LogP contribution in [0.5, 0.6) is 0 Å². The van der Waals surface area contributed by atoms with E-state index in [1.165, 1.54) is 5.56 Å². The van der Waals surface area contributed by atoms with Gasteiger partial charge < -0.3 is 4.74 Å². The Kier molecular flexibility index (Phi) is 2.34. The summed E-state index contributed by atoms with van der Waals surface area (Å²) < 4.78 is 5.75. The van der Waals surface area contributed by atoms with E-state index in [1.54, 1.807) is 0 Å². The highest BCUT2D eigenvalue weighted by Gasteiger charge is 2.29. The second-order valence-corrected chi connectivity index (χ2v) is 3.56. The third-order valence-corrected chi connectivity index (χ3v) is 2.43. The molecule has 2 rings (SSSR count). The van der Waals surface area contributed by atoms with Gasteiger partial charge >= 0.3 is 0 Å². The van der Waals surface area contributed by atoms with E-state index in [-0.39, 0.29) is 12.3 Å². The van der Waals surface area contributed by atoms with Crippen molar-refractivity contribution in [1.29, 1.82) is 0 Å². The van der Waals surface area contributed by atoms with E-state index in [2.05, 4.69) is 36.5 Å². The molecular formula is C11H15NO. The average molecular weight is 177 g/mol. The van der Waals surface area contributed by atoms with Crippen molar-refractivity contribution in [1.82, 2.24) is 5.32 Å². The largest absolute Gasteiger partial charge is 0.354 e. The lowest BCUT2D eigenvalue weighted by Gasteiger charge is -2.13. The lowest BCUT2D eigenvalue weighted by Crippen LogP contribution is -2.26. The molecule has 0 bridgehead atoms. The average Bonchev–Trinajstić information content (AvgIpc) is 2.47. The Morgan fingerprint density at radius 2 is 1.85 bits per heavy atom. The number of nitrogens with one attached hydrogen (secondary N) is 1. The molecule has 1 N–H and O–H groups in total. The molecule has 0 saturated carbocycles. The van der Waals surface area contributed by atoms with E-state index in [9.17, 15) is 0 Å². The molecule has 1 aromatic rings. The van der Waals surface area contributed by atoms with Crippen molar-refractivity contribution in [2.45, 2.75) is 32.2 Å². The fourth-order valence-electron chi connectivity index (χ4n) is 1.84. The minimum absolute atomic E-state index is 0.167. The zero-order chi connectivity index (χ0) is 9.26. The molecule has 0 unspecified atom stereocenters. The van der Waals surface area contributed by atoms with Crippen molar-refractivity contribution in [3.05, 3.63) is 35.9 Å². The highest BCUT2D eigenvalue weighted by atomic mass is 16.5. The highest BCUT2D eigenvalue weighted by molar-refractivity contribution is 5.19. The van der Waals surface area contributed by atoms with Crippen LogP contribution in [0.4, 0.5) is 0 Å². The monoisotopic (exact) mass is 177 g/mol. The second-order valence-electron chi connectivity index (χ2n) is 3.56. The van der Waals surface area contributed by atoms with Crippen LogP contribution >= 0.6 is 0 Å². The maximum atomic E-state index is 5.75. The first-order valence-corrected chi connectivity index (χ1v) is 4.74. The van der Waals surface area contributed by atoms with Crippen molar-refractivity contribution in [3.8, 4) is 0 Å². The second kappa shape index (κ2) is 3.48. The maximum absolute atomic E-state index is 5.75. The van der Waals surface area contributed by atoms with Gasteiger partial charge in [0.2, 0.25) is 0 Å². The summed E-state index contributed by atoms with van der Waals surface area (Å²) in [6.45, 7) is 4.20. The predicted octanol–water partition coefficient (Wildman–Crippen LogP) is 2.08. The smallest absolute Gasteiger partial charge is 0.106 e. The van der Waals surface area contributed by atoms with Gasteiger partial charge in [0.25, 0.3) is 0 Å². The highest BCUT2D eigenvalue weighted by Crippen LogP contribution is 2.27. The normalized spacial score (nSPS) is 33.5. The minimum Gasteiger partial charge on any atom is -0.354 e. The van der Waals surface area contributed by atoms with Gasteiger partial charge in [-0.3, -0.25) is 5.32 Å². The minimum atomic E-state index is 0.167. The number of rotatable bonds is 1. The predicted molar refractivity (Wildman–Crippen MR) is 52.3 cm³/mol. The fraction of sp³-hybridized carbons (Fsp3) is 0.455. The maximum Gasteiger partial charge on any atom is 0.106 e. The van der Waals surface area contributed by atoms with Crippen LogP contribution in [0, 0.1) is 0 Å². The first kappa shape index (κ1) is 8.73. The van der Waals surface area contributed by atoms with E-state index in [1.807, 2.05) is 13.0 Å². The van der Waals surface area contributed by atoms with Gasteiger partial charge in [0, 0.05) is 6.04 Å². The quantitative estimate of drug-likeness (QED) is 0.709. The van der Waals surface area contributed by atoms with Crippen LogP contribution in [-0.2, 0) is 4.74 Å². The van der Waals surface area contributed by atoms with E-state index in [0.29, 0.717) is 6.04 Å². The molecule has 3 atom stereocenters. The molecular weight excluding hydrogens is 162 g/mol. The van der Waals surface area contributed by atoms with Crippen molar-refractivity contribution < 1.29 is 4.74 Å². The Morgan fingerprint density at radius 1 is 1.15 bits per heavy atom. The van der Waals surface area contributed by atoms with Gasteiger partial charge in [-0.2, -0.15) is 0 Å². The van der Waals surface area contributed by atoms with Crippen molar-refractivity contribution in [3.63, 3.8) is 0 Å². The van der Waals surface area contributed by atoms with Crippen LogP contribution in [0.1, 0.15) is 25.5 Å². The molecule has 0 aliphatic carbocycles. The molecule has 13 heavy (non-hydrogen) atoms. The zero-order valence-corrected chi connectivity index (χ0v) is 8.03. The summed E-state index contributed by atoms with van der Waals surface area (Å²) in [7, 11) is 0. The van der Waals surface area contributed by atoms with Crippen LogP contribution in [0.2, 0.25) is 0 Å². The SMILES string of the molecule is C[C@H]1N[C@H](C)[C@H](c2ccccc2)O1. The Bertz CT molecular complexity index is 273. The summed E-state index contributed by atoms with van der Waals surface area (Å²) >= 11 is 0. The standard InChI is InChI=1S/C11H15NO/c1-8-11(13-9(2)12-8)10-6-4-3-5-7-10/h3-9,11-12H,1-2H3/t8-,9+,11-/m1/s1. The van der Waals surface area contributed by atoms with E-state index in [4.69, 9.17) is 4.74 Å². The first-order chi connectivity index (χ1) is 6.27. The Hall–Kier alpha value is -0.860. The van der Waals surface area contributed by atoms with Gasteiger partial charge in [-0.05, 0) is 19.4 Å². The summed E-state index contributed by atoms with van der Waals surface area (Å²) in [5.41, 5.74) is 1.26. The molecule has 1 fully saturated rings. The lowest BCUT2D eigenvalue weighted by molar-refractivity contribution is 0.0482. The zero-order valence-electron chi connectivity index (χ0n) is 8.03. The van der Waals surface area contributed by atoms with Crippen LogP contribution in [-0.4, -0.2) is 12.3 Å². The fourth-order valence-corrected chi connectivity index (χ4v) is 1.84. The van der Waals surface area contributed by atoms with Crippen LogP contribution in [0.3, 0.4) is 0 Å². The van der Waals surface area contributed by atoms with Gasteiger partial charge in [-0.1, -0.05) is 30.3 Å². The molecule has 70 valence electrons. The molecule has 1 heterocycles. The van der Waals surface area contributed by atoms with Gasteiger partial charge in [0.05, 0.1) is 6.10 Å². The molecule has 1 aliphatic heterocycles. The van der Waals surface area contributed by atoms with Gasteiger partial charge in [-0.25, -0.2) is 0 Å². The third kappa shape index (κ3) is 1.74. The van der Waals surface area contributed by atoms with Gasteiger partial charge in [0.1, 0.15) is 6.23 Å². The summed E-state index contributed by atoms with van der Waals surface area (Å²) in [6.07, 6.45) is 0.372. The molecule has 0 amide bonds. The van der Waals surface area contributed by atoms with Gasteiger partial charge in [0.15, 0.2) is 0 Å². The van der Waals surface area contributed by atoms with Crippen LogP contribution < -0.4 is 5.32 Å². The lowest BCUT2D eigenvalue weighted by atomic mass is 10.0. The molecule has 0 aromatic heterocycles. The molecule has 0 radical (unpaired) electrons. The Labute approximate surface area is 78.9 Å². The number of benzene rings is 1. The number of ether oxygens (including phenoxy) is 1. The Balaban J connectivity index is 2.18. The van der Waals surface area contributed by atoms with E-state index < -0.39 is 0 Å². The van der Waals surface area contributed by atoms with Crippen molar-refractivity contribution >= 4 is 0 Å². The Morgan fingerprint density at radius 3 is 2.38 bits per heavy atom. The summed E-state index contributed by atoms with van der Waals surface area (Å²) in [5.74, 6) is 0. The summed E-state index contributed by atoms with van der Waals surface area (Å²) in [6, 6.07) is 10.8. The molecule has 2 nitrogen and oxygen atoms in total. The molecule has 1 aromatic carbocycles. The van der Waals surface area contributed by atoms with Gasteiger partial charge in [-0.15, -0.1) is 0 Å². The van der Waals surface area contributed by atoms with Crippen molar-refractivity contribution in [2.24, 2.45) is 0 Å². The van der Waals surface area contributed by atoms with Crippen molar-refractivity contribution in [2.75, 3.05) is 0 Å². The molecule has 0 spiro atoms. The number of hydrogen-bond donors (Lipinski definition) is 1. The molecule has 1 saturated heterocycles. The summed E-state index contributed by atoms with van der Waals surface area (Å²) in [4.78, 5) is 0. The number of hydrogen-bond acceptors (Lipinski definition) is 2. The van der Waals surface area contributed by atoms with Crippen LogP contribution in [0.25, 0.3) is 0 Å². The summed E-state index contributed by atoms with van der Waals surface area (Å²) in [5, 5.41) is 3.34. The molecule has 1 aliphatic rings. The topological polar surface area (TPSA) is 21.3 Å².